The second kappa shape index (κ2) is 8.04. The molecule has 1 aromatic carbocycles. The van der Waals surface area contributed by atoms with Gasteiger partial charge >= 0.3 is 0 Å². The lowest BCUT2D eigenvalue weighted by molar-refractivity contribution is -0.116. The standard InChI is InChI=1S/C18H27N3O4S/c1-14-12-16-13-17(4-5-18(16)21(14)15(2)22)26(23,24)19-6-3-7-20-8-10-25-11-9-20/h4-5,13-14,19H,3,6-12H2,1-2H3. The van der Waals surface area contributed by atoms with E-state index in [4.69, 9.17) is 4.74 Å². The van der Waals surface area contributed by atoms with Crippen LogP contribution in [-0.4, -0.2) is 64.7 Å². The minimum Gasteiger partial charge on any atom is -0.379 e. The predicted octanol–water partition coefficient (Wildman–Crippen LogP) is 0.985. The van der Waals surface area contributed by atoms with Gasteiger partial charge in [-0.1, -0.05) is 0 Å². The first kappa shape index (κ1) is 19.3. The Balaban J connectivity index is 1.59. The lowest BCUT2D eigenvalue weighted by atomic mass is 10.1. The van der Waals surface area contributed by atoms with Gasteiger partial charge < -0.3 is 9.64 Å². The lowest BCUT2D eigenvalue weighted by Gasteiger charge is -2.26. The molecular weight excluding hydrogens is 354 g/mol. The number of hydrogen-bond donors (Lipinski definition) is 1. The van der Waals surface area contributed by atoms with Crippen molar-refractivity contribution in [2.45, 2.75) is 37.6 Å². The van der Waals surface area contributed by atoms with Crippen molar-refractivity contribution in [3.8, 4) is 0 Å². The van der Waals surface area contributed by atoms with Gasteiger partial charge in [0, 0.05) is 38.3 Å². The highest BCUT2D eigenvalue weighted by Crippen LogP contribution is 2.33. The maximum absolute atomic E-state index is 12.6. The Morgan fingerprint density at radius 1 is 1.31 bits per heavy atom. The average molecular weight is 381 g/mol. The van der Waals surface area contributed by atoms with Gasteiger partial charge in [0.2, 0.25) is 15.9 Å². The third-order valence-electron chi connectivity index (χ3n) is 4.96. The highest BCUT2D eigenvalue weighted by molar-refractivity contribution is 7.89. The number of sulfonamides is 1. The Hall–Kier alpha value is -1.48. The molecule has 1 unspecified atom stereocenters. The van der Waals surface area contributed by atoms with Crippen LogP contribution in [0.4, 0.5) is 5.69 Å². The molecule has 2 heterocycles. The first-order valence-electron chi connectivity index (χ1n) is 9.11. The van der Waals surface area contributed by atoms with Crippen LogP contribution in [0.25, 0.3) is 0 Å². The number of carbonyl (C=O) groups excluding carboxylic acids is 1. The first-order valence-corrected chi connectivity index (χ1v) is 10.6. The third-order valence-corrected chi connectivity index (χ3v) is 6.42. The number of benzene rings is 1. The third kappa shape index (κ3) is 4.25. The fourth-order valence-electron chi connectivity index (χ4n) is 3.67. The Kier molecular flexibility index (Phi) is 5.96. The lowest BCUT2D eigenvalue weighted by Crippen LogP contribution is -2.38. The summed E-state index contributed by atoms with van der Waals surface area (Å²) in [7, 11) is -3.54. The number of nitrogens with zero attached hydrogens (tertiary/aromatic N) is 2. The Bertz CT molecular complexity index is 760. The molecule has 0 bridgehead atoms. The SMILES string of the molecule is CC(=O)N1c2ccc(S(=O)(=O)NCCCN3CCOCC3)cc2CC1C. The zero-order valence-corrected chi connectivity index (χ0v) is 16.2. The van der Waals surface area contributed by atoms with Gasteiger partial charge in [-0.3, -0.25) is 9.69 Å². The average Bonchev–Trinajstić information content (AvgIpc) is 2.94. The smallest absolute Gasteiger partial charge is 0.240 e. The van der Waals surface area contributed by atoms with E-state index < -0.39 is 10.0 Å². The number of nitrogens with one attached hydrogen (secondary N) is 1. The number of hydrogen-bond acceptors (Lipinski definition) is 5. The van der Waals surface area contributed by atoms with E-state index in [1.54, 1.807) is 23.1 Å². The second-order valence-electron chi connectivity index (χ2n) is 6.94. The molecule has 144 valence electrons. The minimum atomic E-state index is -3.54. The van der Waals surface area contributed by atoms with Crippen LogP contribution in [0.3, 0.4) is 0 Å². The number of rotatable bonds is 6. The van der Waals surface area contributed by atoms with Crippen molar-refractivity contribution in [2.75, 3.05) is 44.3 Å². The van der Waals surface area contributed by atoms with Crippen molar-refractivity contribution in [1.82, 2.24) is 9.62 Å². The fourth-order valence-corrected chi connectivity index (χ4v) is 4.80. The van der Waals surface area contributed by atoms with Crippen molar-refractivity contribution in [3.63, 3.8) is 0 Å². The number of anilines is 1. The largest absolute Gasteiger partial charge is 0.379 e. The molecule has 1 fully saturated rings. The monoisotopic (exact) mass is 381 g/mol. The maximum Gasteiger partial charge on any atom is 0.240 e. The molecule has 1 aromatic rings. The fraction of sp³-hybridized carbons (Fsp3) is 0.611. The van der Waals surface area contributed by atoms with Gasteiger partial charge in [-0.05, 0) is 50.1 Å². The summed E-state index contributed by atoms with van der Waals surface area (Å²) in [4.78, 5) is 16.1. The molecule has 0 aromatic heterocycles. The molecule has 1 atom stereocenters. The number of ether oxygens (including phenoxy) is 1. The van der Waals surface area contributed by atoms with E-state index in [0.29, 0.717) is 13.0 Å². The maximum atomic E-state index is 12.6. The second-order valence-corrected chi connectivity index (χ2v) is 8.70. The molecule has 1 saturated heterocycles. The molecule has 0 spiro atoms. The van der Waals surface area contributed by atoms with Gasteiger partial charge in [-0.25, -0.2) is 13.1 Å². The molecule has 2 aliphatic rings. The highest BCUT2D eigenvalue weighted by Gasteiger charge is 2.30. The molecule has 1 N–H and O–H groups in total. The highest BCUT2D eigenvalue weighted by atomic mass is 32.2. The van der Waals surface area contributed by atoms with Crippen molar-refractivity contribution in [3.05, 3.63) is 23.8 Å². The van der Waals surface area contributed by atoms with E-state index in [2.05, 4.69) is 9.62 Å². The van der Waals surface area contributed by atoms with E-state index >= 15 is 0 Å². The van der Waals surface area contributed by atoms with Crippen molar-refractivity contribution >= 4 is 21.6 Å². The van der Waals surface area contributed by atoms with Crippen molar-refractivity contribution in [2.24, 2.45) is 0 Å². The first-order chi connectivity index (χ1) is 12.4. The molecule has 1 amide bonds. The zero-order valence-electron chi connectivity index (χ0n) is 15.4. The molecule has 0 aliphatic carbocycles. The summed E-state index contributed by atoms with van der Waals surface area (Å²) in [6.07, 6.45) is 1.44. The van der Waals surface area contributed by atoms with Crippen LogP contribution in [0.2, 0.25) is 0 Å². The predicted molar refractivity (Wildman–Crippen MR) is 99.8 cm³/mol. The van der Waals surface area contributed by atoms with Gasteiger partial charge in [0.05, 0.1) is 18.1 Å². The molecule has 0 saturated carbocycles. The molecule has 26 heavy (non-hydrogen) atoms. The Labute approximate surface area is 155 Å². The molecule has 7 nitrogen and oxygen atoms in total. The topological polar surface area (TPSA) is 79.0 Å². The van der Waals surface area contributed by atoms with Crippen LogP contribution in [0, 0.1) is 0 Å². The molecule has 2 aliphatic heterocycles. The Morgan fingerprint density at radius 2 is 2.04 bits per heavy atom. The van der Waals surface area contributed by atoms with Gasteiger partial charge in [0.15, 0.2) is 0 Å². The summed E-state index contributed by atoms with van der Waals surface area (Å²) in [6.45, 7) is 8.08. The van der Waals surface area contributed by atoms with Gasteiger partial charge in [0.25, 0.3) is 0 Å². The van der Waals surface area contributed by atoms with Crippen molar-refractivity contribution < 1.29 is 17.9 Å². The van der Waals surface area contributed by atoms with Crippen LogP contribution in [0.15, 0.2) is 23.1 Å². The number of carbonyl (C=O) groups is 1. The van der Waals surface area contributed by atoms with E-state index in [1.165, 1.54) is 6.92 Å². The van der Waals surface area contributed by atoms with Crippen LogP contribution in [0.5, 0.6) is 0 Å². The summed E-state index contributed by atoms with van der Waals surface area (Å²) in [5, 5.41) is 0. The van der Waals surface area contributed by atoms with Crippen LogP contribution >= 0.6 is 0 Å². The minimum absolute atomic E-state index is 0.0203. The molecule has 0 radical (unpaired) electrons. The molecule has 3 rings (SSSR count). The quantitative estimate of drug-likeness (QED) is 0.744. The van der Waals surface area contributed by atoms with Crippen LogP contribution in [-0.2, 0) is 26.0 Å². The van der Waals surface area contributed by atoms with Crippen molar-refractivity contribution in [1.29, 1.82) is 0 Å². The number of morpholine rings is 1. The van der Waals surface area contributed by atoms with E-state index in [-0.39, 0.29) is 16.8 Å². The Morgan fingerprint density at radius 3 is 2.73 bits per heavy atom. The number of fused-ring (bicyclic) bond motifs is 1. The zero-order chi connectivity index (χ0) is 18.7. The van der Waals surface area contributed by atoms with Gasteiger partial charge in [0.1, 0.15) is 0 Å². The number of amides is 1. The van der Waals surface area contributed by atoms with E-state index in [9.17, 15) is 13.2 Å². The van der Waals surface area contributed by atoms with Crippen LogP contribution < -0.4 is 9.62 Å². The summed E-state index contributed by atoms with van der Waals surface area (Å²) < 4.78 is 33.1. The summed E-state index contributed by atoms with van der Waals surface area (Å²) in [6, 6.07) is 5.07. The van der Waals surface area contributed by atoms with E-state index in [1.807, 2.05) is 6.92 Å². The summed E-state index contributed by atoms with van der Waals surface area (Å²) >= 11 is 0. The van der Waals surface area contributed by atoms with Crippen LogP contribution in [0.1, 0.15) is 25.8 Å². The summed E-state index contributed by atoms with van der Waals surface area (Å²) in [5.41, 5.74) is 1.72. The summed E-state index contributed by atoms with van der Waals surface area (Å²) in [5.74, 6) is -0.0203. The molecular formula is C18H27N3O4S. The molecule has 8 heteroatoms. The van der Waals surface area contributed by atoms with E-state index in [0.717, 1.165) is 50.5 Å². The van der Waals surface area contributed by atoms with Gasteiger partial charge in [-0.2, -0.15) is 0 Å². The normalized spacial score (nSPS) is 21.0. The van der Waals surface area contributed by atoms with Gasteiger partial charge in [-0.15, -0.1) is 0 Å².